The van der Waals surface area contributed by atoms with Gasteiger partial charge in [0.15, 0.2) is 0 Å². The van der Waals surface area contributed by atoms with E-state index in [1.807, 2.05) is 30.3 Å². The second kappa shape index (κ2) is 16.5. The van der Waals surface area contributed by atoms with Crippen LogP contribution in [-0.4, -0.2) is 9.97 Å². The van der Waals surface area contributed by atoms with Crippen molar-refractivity contribution in [2.75, 3.05) is 0 Å². The van der Waals surface area contributed by atoms with Gasteiger partial charge in [-0.3, -0.25) is 0 Å². The zero-order chi connectivity index (χ0) is 51.3. The van der Waals surface area contributed by atoms with E-state index in [2.05, 4.69) is 46.4 Å². The van der Waals surface area contributed by atoms with Crippen LogP contribution >= 0.6 is 0 Å². The Kier molecular flexibility index (Phi) is 8.17. The van der Waals surface area contributed by atoms with Crippen molar-refractivity contribution in [1.29, 1.82) is 0 Å². The molecule has 0 aliphatic carbocycles. The van der Waals surface area contributed by atoms with E-state index >= 15 is 0 Å². The maximum absolute atomic E-state index is 8.81. The number of pyridine rings is 2. The predicted octanol–water partition coefficient (Wildman–Crippen LogP) is 15.0. The molecule has 1 radical (unpaired) electrons. The molecule has 0 amide bonds. The molecule has 0 aliphatic rings. The Morgan fingerprint density at radius 1 is 0.678 bits per heavy atom. The minimum atomic E-state index is -2.50. The fourth-order valence-electron chi connectivity index (χ4n) is 7.24. The summed E-state index contributed by atoms with van der Waals surface area (Å²) < 4.78 is 112. The summed E-state index contributed by atoms with van der Waals surface area (Å²) in [5, 5.41) is 5.84. The van der Waals surface area contributed by atoms with E-state index in [0.717, 1.165) is 43.5 Å². The molecule has 4 heterocycles. The third-order valence-electron chi connectivity index (χ3n) is 9.54. The molecule has 0 aliphatic heterocycles. The van der Waals surface area contributed by atoms with Crippen molar-refractivity contribution < 1.29 is 45.4 Å². The van der Waals surface area contributed by atoms with Crippen LogP contribution in [0.3, 0.4) is 0 Å². The number of benzene rings is 5. The average molecular weight is 967 g/mol. The molecule has 0 unspecified atom stereocenters. The van der Waals surface area contributed by atoms with Crippen molar-refractivity contribution in [2.24, 2.45) is 16.7 Å². The van der Waals surface area contributed by atoms with E-state index in [0.29, 0.717) is 33.7 Å². The van der Waals surface area contributed by atoms with Gasteiger partial charge in [0.05, 0.1) is 5.58 Å². The molecule has 4 aromatic heterocycles. The quantitative estimate of drug-likeness (QED) is 0.156. The van der Waals surface area contributed by atoms with E-state index in [4.69, 9.17) is 25.3 Å². The zero-order valence-corrected chi connectivity index (χ0v) is 36.8. The van der Waals surface area contributed by atoms with Gasteiger partial charge in [0.2, 0.25) is 0 Å². The molecule has 0 bridgehead atoms. The van der Waals surface area contributed by atoms with E-state index in [1.165, 1.54) is 30.6 Å². The van der Waals surface area contributed by atoms with Gasteiger partial charge >= 0.3 is 0 Å². The molecule has 0 atom stereocenters. The van der Waals surface area contributed by atoms with Gasteiger partial charge in [0.1, 0.15) is 16.7 Å². The molecular formula is C54H54IrN2O2-2. The topological polar surface area (TPSA) is 52.1 Å². The molecule has 0 spiro atoms. The summed E-state index contributed by atoms with van der Waals surface area (Å²) >= 11 is 0. The number of aryl methyl sites for hydroxylation is 2. The van der Waals surface area contributed by atoms with Gasteiger partial charge in [0, 0.05) is 70.5 Å². The van der Waals surface area contributed by atoms with Gasteiger partial charge in [-0.15, -0.1) is 53.6 Å². The van der Waals surface area contributed by atoms with Gasteiger partial charge in [0.25, 0.3) is 0 Å². The van der Waals surface area contributed by atoms with E-state index in [9.17, 15) is 0 Å². The van der Waals surface area contributed by atoms with Crippen molar-refractivity contribution in [1.82, 2.24) is 9.97 Å². The van der Waals surface area contributed by atoms with Gasteiger partial charge in [-0.25, -0.2) is 0 Å². The fourth-order valence-corrected chi connectivity index (χ4v) is 7.24. The molecule has 9 aromatic rings. The first kappa shape index (κ1) is 29.2. The molecule has 59 heavy (non-hydrogen) atoms. The third-order valence-corrected chi connectivity index (χ3v) is 9.54. The maximum atomic E-state index is 8.81. The average Bonchev–Trinajstić information content (AvgIpc) is 3.86. The van der Waals surface area contributed by atoms with Crippen LogP contribution in [0.4, 0.5) is 0 Å². The summed E-state index contributed by atoms with van der Waals surface area (Å²) in [6.07, 6.45) is -2.86. The van der Waals surface area contributed by atoms with Crippen LogP contribution in [0, 0.1) is 42.6 Å². The monoisotopic (exact) mass is 967 g/mol. The van der Waals surface area contributed by atoms with Crippen LogP contribution in [-0.2, 0) is 39.2 Å². The number of fused-ring (bicyclic) bond motifs is 9. The molecule has 0 fully saturated rings. The molecule has 0 N–H and O–H groups in total. The Hall–Kier alpha value is -5.09. The summed E-state index contributed by atoms with van der Waals surface area (Å²) in [5.41, 5.74) is 3.76. The minimum Gasteiger partial charge on any atom is -0.501 e. The van der Waals surface area contributed by atoms with Gasteiger partial charge in [-0.2, -0.15) is 0 Å². The molecule has 303 valence electrons. The van der Waals surface area contributed by atoms with Crippen molar-refractivity contribution in [3.63, 3.8) is 0 Å². The minimum absolute atomic E-state index is 0. The van der Waals surface area contributed by atoms with Crippen LogP contribution in [0.5, 0.6) is 0 Å². The Balaban J connectivity index is 0.000000216. The summed E-state index contributed by atoms with van der Waals surface area (Å²) in [4.78, 5) is 8.87. The van der Waals surface area contributed by atoms with E-state index in [1.54, 1.807) is 73.6 Å². The Bertz CT molecular complexity index is 3450. The first-order valence-corrected chi connectivity index (χ1v) is 19.5. The van der Waals surface area contributed by atoms with Crippen LogP contribution in [0.25, 0.3) is 77.2 Å². The van der Waals surface area contributed by atoms with Crippen molar-refractivity contribution in [3.05, 3.63) is 143 Å². The third kappa shape index (κ3) is 8.93. The molecule has 0 saturated heterocycles. The number of aromatic nitrogens is 2. The largest absolute Gasteiger partial charge is 0.501 e. The van der Waals surface area contributed by atoms with Crippen molar-refractivity contribution >= 4 is 54.6 Å². The van der Waals surface area contributed by atoms with E-state index in [-0.39, 0.29) is 47.9 Å². The number of rotatable bonds is 6. The van der Waals surface area contributed by atoms with Gasteiger partial charge in [-0.05, 0) is 94.4 Å². The fraction of sp³-hybridized carbons (Fsp3) is 0.296. The second-order valence-electron chi connectivity index (χ2n) is 17.0. The van der Waals surface area contributed by atoms with Gasteiger partial charge in [-0.1, -0.05) is 121 Å². The zero-order valence-electron chi connectivity index (χ0n) is 46.4. The second-order valence-corrected chi connectivity index (χ2v) is 17.0. The molecule has 4 nitrogen and oxygen atoms in total. The van der Waals surface area contributed by atoms with Crippen molar-refractivity contribution in [2.45, 2.75) is 88.2 Å². The molecule has 9 rings (SSSR count). The summed E-state index contributed by atoms with van der Waals surface area (Å²) in [6, 6.07) is 33.6. The summed E-state index contributed by atoms with van der Waals surface area (Å²) in [6.45, 7) is 9.40. The summed E-state index contributed by atoms with van der Waals surface area (Å²) in [7, 11) is 0. The number of furan rings is 2. The number of hydrogen-bond donors (Lipinski definition) is 0. The standard InChI is InChI=1S/C32H24NO2.C22H30N.Ir/c1-18(2)15-21-16-26(33-17-19(21)3)23-9-6-10-24-29-27(35-32(23)24)13-14-28-30(29)25-12-11-20-7-4-5-8-22(20)31(25)34-28;1-16-8-10-17(11-9-16)20-12-18(13-21(2,3)4)19(15-23-20)14-22(5,6)7;/h4-8,10-14,16-18H,15H2,1-3H3;8-10,12,15H,13-14H2,1-7H3;/q2*-1;/i3D3,15D2;1D3,13D2,14D2;. The number of nitrogens with zero attached hydrogens (tertiary/aromatic N) is 2. The molecule has 5 heteroatoms. The molecular weight excluding hydrogens is 901 g/mol. The number of hydrogen-bond acceptors (Lipinski definition) is 4. The summed E-state index contributed by atoms with van der Waals surface area (Å²) in [5.74, 6) is -0.450. The van der Waals surface area contributed by atoms with Crippen molar-refractivity contribution in [3.8, 4) is 22.5 Å². The maximum Gasteiger partial charge on any atom is 0.143 e. The first-order chi connectivity index (χ1) is 32.4. The predicted molar refractivity (Wildman–Crippen MR) is 243 cm³/mol. The Morgan fingerprint density at radius 3 is 2.03 bits per heavy atom. The van der Waals surface area contributed by atoms with Gasteiger partial charge < -0.3 is 18.8 Å². The van der Waals surface area contributed by atoms with Crippen LogP contribution in [0.15, 0.2) is 112 Å². The van der Waals surface area contributed by atoms with Crippen LogP contribution < -0.4 is 0 Å². The molecule has 0 saturated carbocycles. The normalized spacial score (nSPS) is 16.3. The van der Waals surface area contributed by atoms with E-state index < -0.39 is 49.6 Å². The van der Waals surface area contributed by atoms with Crippen LogP contribution in [0.2, 0.25) is 0 Å². The first-order valence-electron chi connectivity index (χ1n) is 25.5. The Morgan fingerprint density at radius 2 is 1.36 bits per heavy atom. The molecule has 5 aromatic carbocycles. The SMILES string of the molecule is [2H]C([2H])([2H])c1c[c-]c(-c2cc(C([2H])([2H])C(C)(C)C)c(C([2H])([2H])C(C)(C)C)cn2)cc1.[2H]C([2H])([2H])c1cnc(-c2[c-]ccc3c2oc2ccc4oc5c6ccccc6ccc5c4c23)cc1C([2H])([2H])C(C)C.[Ir]. The Labute approximate surface area is 379 Å². The van der Waals surface area contributed by atoms with Crippen LogP contribution in [0.1, 0.15) is 99.7 Å². The smallest absolute Gasteiger partial charge is 0.143 e.